The van der Waals surface area contributed by atoms with Crippen molar-refractivity contribution in [1.29, 1.82) is 0 Å². The lowest BCUT2D eigenvalue weighted by atomic mass is 9.94. The summed E-state index contributed by atoms with van der Waals surface area (Å²) < 4.78 is 4.99. The molecule has 5 heteroatoms. The van der Waals surface area contributed by atoms with Gasteiger partial charge in [0.25, 0.3) is 0 Å². The summed E-state index contributed by atoms with van der Waals surface area (Å²) in [5, 5.41) is 9.30. The number of carbonyl (C=O) groups is 2. The summed E-state index contributed by atoms with van der Waals surface area (Å²) in [5.41, 5.74) is 0.858. The van der Waals surface area contributed by atoms with Crippen molar-refractivity contribution in [2.45, 2.75) is 12.5 Å². The van der Waals surface area contributed by atoms with Crippen LogP contribution < -0.4 is 0 Å². The summed E-state index contributed by atoms with van der Waals surface area (Å²) in [6.07, 6.45) is 0.0542. The number of ether oxygens (including phenoxy) is 1. The Balaban J connectivity index is 2.30. The largest absolute Gasteiger partial charge is 0.481 e. The summed E-state index contributed by atoms with van der Waals surface area (Å²) in [5.74, 6) is -1.74. The molecule has 19 heavy (non-hydrogen) atoms. The van der Waals surface area contributed by atoms with E-state index in [4.69, 9.17) is 4.74 Å². The first kappa shape index (κ1) is 13.5. The van der Waals surface area contributed by atoms with E-state index < -0.39 is 17.9 Å². The molecule has 1 aromatic rings. The molecule has 5 nitrogen and oxygen atoms in total. The van der Waals surface area contributed by atoms with E-state index in [0.717, 1.165) is 5.56 Å². The number of carboxylic acids is 1. The van der Waals surface area contributed by atoms with Gasteiger partial charge in [0.15, 0.2) is 0 Å². The minimum absolute atomic E-state index is 0.0542. The van der Waals surface area contributed by atoms with Crippen LogP contribution in [0.25, 0.3) is 0 Å². The van der Waals surface area contributed by atoms with E-state index in [-0.39, 0.29) is 12.3 Å². The molecule has 0 saturated carbocycles. The maximum absolute atomic E-state index is 12.0. The fourth-order valence-electron chi connectivity index (χ4n) is 2.53. The Morgan fingerprint density at radius 2 is 2.11 bits per heavy atom. The molecule has 0 bridgehead atoms. The number of rotatable bonds is 5. The normalized spacial score (nSPS) is 22.8. The number of benzene rings is 1. The Labute approximate surface area is 111 Å². The molecule has 1 aliphatic heterocycles. The standard InChI is InChI=1S/C14H17NO4/c1-19-8-7-15-12(16)9-11(14(17)18)13(15)10-5-3-2-4-6-10/h2-6,11,13H,7-9H2,1H3,(H,17,18)/t11-,13?/m1/s1. The Morgan fingerprint density at radius 1 is 1.42 bits per heavy atom. The van der Waals surface area contributed by atoms with E-state index >= 15 is 0 Å². The zero-order valence-corrected chi connectivity index (χ0v) is 10.8. The van der Waals surface area contributed by atoms with Gasteiger partial charge in [-0.2, -0.15) is 0 Å². The molecule has 1 unspecified atom stereocenters. The SMILES string of the molecule is COCCN1C(=O)C[C@@H](C(=O)O)C1c1ccccc1. The zero-order chi connectivity index (χ0) is 13.8. The van der Waals surface area contributed by atoms with E-state index in [9.17, 15) is 14.7 Å². The van der Waals surface area contributed by atoms with E-state index in [0.29, 0.717) is 13.2 Å². The van der Waals surface area contributed by atoms with Gasteiger partial charge in [-0.3, -0.25) is 9.59 Å². The third-order valence-electron chi connectivity index (χ3n) is 3.43. The number of aliphatic carboxylic acids is 1. The summed E-state index contributed by atoms with van der Waals surface area (Å²) >= 11 is 0. The second-order valence-corrected chi connectivity index (χ2v) is 4.58. The molecule has 0 spiro atoms. The van der Waals surface area contributed by atoms with E-state index in [1.807, 2.05) is 30.3 Å². The second kappa shape index (κ2) is 5.84. The van der Waals surface area contributed by atoms with Crippen LogP contribution in [0.1, 0.15) is 18.0 Å². The third kappa shape index (κ3) is 2.76. The Kier molecular flexibility index (Phi) is 4.16. The van der Waals surface area contributed by atoms with Crippen LogP contribution in [0, 0.1) is 5.92 Å². The van der Waals surface area contributed by atoms with Crippen molar-refractivity contribution in [3.63, 3.8) is 0 Å². The first-order valence-electron chi connectivity index (χ1n) is 6.21. The maximum Gasteiger partial charge on any atom is 0.309 e. The van der Waals surface area contributed by atoms with Crippen LogP contribution in [-0.2, 0) is 14.3 Å². The molecular weight excluding hydrogens is 246 g/mol. The van der Waals surface area contributed by atoms with Crippen LogP contribution in [0.4, 0.5) is 0 Å². The summed E-state index contributed by atoms with van der Waals surface area (Å²) in [4.78, 5) is 24.9. The fourth-order valence-corrected chi connectivity index (χ4v) is 2.53. The van der Waals surface area contributed by atoms with Gasteiger partial charge in [-0.1, -0.05) is 30.3 Å². The highest BCUT2D eigenvalue weighted by atomic mass is 16.5. The van der Waals surface area contributed by atoms with Crippen LogP contribution in [0.3, 0.4) is 0 Å². The number of amides is 1. The van der Waals surface area contributed by atoms with E-state index in [2.05, 4.69) is 0 Å². The average Bonchev–Trinajstić information content (AvgIpc) is 2.74. The van der Waals surface area contributed by atoms with Crippen molar-refractivity contribution in [2.24, 2.45) is 5.92 Å². The highest BCUT2D eigenvalue weighted by molar-refractivity contribution is 5.87. The molecule has 102 valence electrons. The number of likely N-dealkylation sites (tertiary alicyclic amines) is 1. The van der Waals surface area contributed by atoms with Gasteiger partial charge in [-0.15, -0.1) is 0 Å². The van der Waals surface area contributed by atoms with Gasteiger partial charge in [-0.05, 0) is 5.56 Å². The molecule has 1 fully saturated rings. The first-order chi connectivity index (χ1) is 9.15. The van der Waals surface area contributed by atoms with Crippen molar-refractivity contribution in [3.05, 3.63) is 35.9 Å². The predicted molar refractivity (Wildman–Crippen MR) is 68.5 cm³/mol. The maximum atomic E-state index is 12.0. The molecule has 1 saturated heterocycles. The number of hydrogen-bond acceptors (Lipinski definition) is 3. The molecule has 1 aliphatic rings. The number of hydrogen-bond donors (Lipinski definition) is 1. The summed E-state index contributed by atoms with van der Waals surface area (Å²) in [6.45, 7) is 0.820. The topological polar surface area (TPSA) is 66.8 Å². The van der Waals surface area contributed by atoms with Gasteiger partial charge in [0.05, 0.1) is 18.6 Å². The molecular formula is C14H17NO4. The van der Waals surface area contributed by atoms with Crippen LogP contribution in [0.15, 0.2) is 30.3 Å². The number of carbonyl (C=O) groups excluding carboxylic acids is 1. The zero-order valence-electron chi connectivity index (χ0n) is 10.8. The molecule has 1 N–H and O–H groups in total. The lowest BCUT2D eigenvalue weighted by Gasteiger charge is -2.27. The average molecular weight is 263 g/mol. The molecule has 0 aromatic heterocycles. The lowest BCUT2D eigenvalue weighted by molar-refractivity contribution is -0.142. The predicted octanol–water partition coefficient (Wildman–Crippen LogP) is 1.31. The highest BCUT2D eigenvalue weighted by Gasteiger charge is 2.44. The summed E-state index contributed by atoms with van der Waals surface area (Å²) in [6, 6.07) is 8.89. The Hall–Kier alpha value is -1.88. The smallest absolute Gasteiger partial charge is 0.309 e. The molecule has 1 amide bonds. The van der Waals surface area contributed by atoms with Gasteiger partial charge < -0.3 is 14.7 Å². The van der Waals surface area contributed by atoms with Crippen LogP contribution in [-0.4, -0.2) is 42.1 Å². The summed E-state index contributed by atoms with van der Waals surface area (Å²) in [7, 11) is 1.56. The van der Waals surface area contributed by atoms with Crippen molar-refractivity contribution in [1.82, 2.24) is 4.90 Å². The Morgan fingerprint density at radius 3 is 2.68 bits per heavy atom. The first-order valence-corrected chi connectivity index (χ1v) is 6.21. The van der Waals surface area contributed by atoms with Gasteiger partial charge in [0, 0.05) is 20.1 Å². The molecule has 2 rings (SSSR count). The lowest BCUT2D eigenvalue weighted by Crippen LogP contribution is -2.33. The van der Waals surface area contributed by atoms with E-state index in [1.54, 1.807) is 12.0 Å². The van der Waals surface area contributed by atoms with Gasteiger partial charge >= 0.3 is 5.97 Å². The van der Waals surface area contributed by atoms with Crippen molar-refractivity contribution in [2.75, 3.05) is 20.3 Å². The molecule has 1 heterocycles. The number of nitrogens with zero attached hydrogens (tertiary/aromatic N) is 1. The minimum Gasteiger partial charge on any atom is -0.481 e. The second-order valence-electron chi connectivity index (χ2n) is 4.58. The van der Waals surface area contributed by atoms with Gasteiger partial charge in [0.1, 0.15) is 0 Å². The van der Waals surface area contributed by atoms with Crippen LogP contribution in [0.2, 0.25) is 0 Å². The van der Waals surface area contributed by atoms with E-state index in [1.165, 1.54) is 0 Å². The molecule has 0 radical (unpaired) electrons. The highest BCUT2D eigenvalue weighted by Crippen LogP contribution is 2.37. The van der Waals surface area contributed by atoms with Gasteiger partial charge in [-0.25, -0.2) is 0 Å². The number of methoxy groups -OCH3 is 1. The monoisotopic (exact) mass is 263 g/mol. The van der Waals surface area contributed by atoms with Crippen molar-refractivity contribution in [3.8, 4) is 0 Å². The number of carboxylic acid groups (broad SMARTS) is 1. The molecule has 2 atom stereocenters. The fraction of sp³-hybridized carbons (Fsp3) is 0.429. The third-order valence-corrected chi connectivity index (χ3v) is 3.43. The Bertz CT molecular complexity index is 460. The van der Waals surface area contributed by atoms with Crippen LogP contribution in [0.5, 0.6) is 0 Å². The van der Waals surface area contributed by atoms with Crippen LogP contribution >= 0.6 is 0 Å². The quantitative estimate of drug-likeness (QED) is 0.869. The van der Waals surface area contributed by atoms with Crippen molar-refractivity contribution >= 4 is 11.9 Å². The van der Waals surface area contributed by atoms with Crippen molar-refractivity contribution < 1.29 is 19.4 Å². The molecule has 0 aliphatic carbocycles. The van der Waals surface area contributed by atoms with Gasteiger partial charge in [0.2, 0.25) is 5.91 Å². The minimum atomic E-state index is -0.929. The molecule has 1 aromatic carbocycles.